The zero-order valence-corrected chi connectivity index (χ0v) is 15.8. The fourth-order valence-electron chi connectivity index (χ4n) is 3.07. The number of phenolic OH excluding ortho intramolecular Hbond substituents is 1. The number of aromatic nitrogens is 1. The van der Waals surface area contributed by atoms with Crippen molar-refractivity contribution >= 4 is 22.3 Å². The van der Waals surface area contributed by atoms with Crippen molar-refractivity contribution in [1.82, 2.24) is 4.98 Å². The summed E-state index contributed by atoms with van der Waals surface area (Å²) in [6.45, 7) is 10.4. The van der Waals surface area contributed by atoms with Crippen LogP contribution < -0.4 is 10.3 Å². The van der Waals surface area contributed by atoms with Crippen LogP contribution in [-0.2, 0) is 6.54 Å². The predicted molar refractivity (Wildman–Crippen MR) is 100 cm³/mol. The van der Waals surface area contributed by atoms with Crippen LogP contribution in [0.5, 0.6) is 5.75 Å². The number of nitrogens with zero attached hydrogens (tertiary/aromatic N) is 1. The normalized spacial score (nSPS) is 11.6. The number of nitrogens with one attached hydrogen (secondary N) is 1. The maximum absolute atomic E-state index is 13.1. The Balaban J connectivity index is 2.24. The highest BCUT2D eigenvalue weighted by Gasteiger charge is 2.21. The lowest BCUT2D eigenvalue weighted by Gasteiger charge is -2.17. The number of hydrogen-bond donors (Lipinski definition) is 2. The van der Waals surface area contributed by atoms with Gasteiger partial charge in [0.2, 0.25) is 5.43 Å². The van der Waals surface area contributed by atoms with Gasteiger partial charge in [-0.25, -0.2) is 4.98 Å². The fraction of sp³-hybridized carbons (Fsp3) is 0.368. The average Bonchev–Trinajstić information content (AvgIpc) is 3.01. The first-order chi connectivity index (χ1) is 12.0. The van der Waals surface area contributed by atoms with Crippen LogP contribution in [0.4, 0.5) is 0 Å². The minimum atomic E-state index is -0.0936. The summed E-state index contributed by atoms with van der Waals surface area (Å²) in [5.74, 6) is 0.186. The quantitative estimate of drug-likeness (QED) is 0.735. The van der Waals surface area contributed by atoms with E-state index in [2.05, 4.69) is 18.8 Å². The molecule has 0 spiro atoms. The van der Waals surface area contributed by atoms with Gasteiger partial charge in [0, 0.05) is 11.1 Å². The second-order valence-electron chi connectivity index (χ2n) is 6.30. The van der Waals surface area contributed by atoms with E-state index in [1.54, 1.807) is 6.07 Å². The topological polar surface area (TPSA) is 67.8 Å². The molecule has 1 aromatic carbocycles. The van der Waals surface area contributed by atoms with Crippen LogP contribution in [-0.4, -0.2) is 23.2 Å². The summed E-state index contributed by atoms with van der Waals surface area (Å²) in [4.78, 5) is 18.8. The second kappa shape index (κ2) is 6.98. The number of aryl methyl sites for hydroxylation is 2. The van der Waals surface area contributed by atoms with Crippen molar-refractivity contribution in [1.29, 1.82) is 0 Å². The molecule has 0 aliphatic carbocycles. The standard InChI is InChI=1S/C19H22N2O3S/c1-5-21(6-2)8-13-15(22)7-11(3)16-17(23)14(9-24-18(13)16)19-20-12(4)10-25-19/h7,9-10,22H,5-6,8H2,1-4H3/p+1. The van der Waals surface area contributed by atoms with Gasteiger partial charge in [-0.05, 0) is 39.3 Å². The molecule has 0 aliphatic rings. The van der Waals surface area contributed by atoms with E-state index < -0.39 is 0 Å². The Labute approximate surface area is 150 Å². The molecular formula is C19H23N2O3S+. The summed E-state index contributed by atoms with van der Waals surface area (Å²) < 4.78 is 5.86. The zero-order chi connectivity index (χ0) is 18.1. The van der Waals surface area contributed by atoms with Gasteiger partial charge < -0.3 is 14.4 Å². The Hall–Kier alpha value is -2.18. The van der Waals surface area contributed by atoms with E-state index in [9.17, 15) is 9.90 Å². The number of thiazole rings is 1. The number of rotatable bonds is 5. The van der Waals surface area contributed by atoms with Crippen molar-refractivity contribution in [2.24, 2.45) is 0 Å². The highest BCUT2D eigenvalue weighted by Crippen LogP contribution is 2.30. The molecule has 0 saturated heterocycles. The molecule has 0 unspecified atom stereocenters. The van der Waals surface area contributed by atoms with Gasteiger partial charge >= 0.3 is 0 Å². The van der Waals surface area contributed by atoms with E-state index in [0.717, 1.165) is 24.3 Å². The van der Waals surface area contributed by atoms with E-state index in [1.165, 1.54) is 22.5 Å². The maximum Gasteiger partial charge on any atom is 0.203 e. The molecule has 0 amide bonds. The van der Waals surface area contributed by atoms with Gasteiger partial charge in [0.05, 0.1) is 29.6 Å². The molecule has 3 aromatic rings. The van der Waals surface area contributed by atoms with Crippen molar-refractivity contribution in [3.63, 3.8) is 0 Å². The van der Waals surface area contributed by atoms with Crippen molar-refractivity contribution in [3.05, 3.63) is 44.8 Å². The van der Waals surface area contributed by atoms with Crippen LogP contribution in [0.25, 0.3) is 21.5 Å². The van der Waals surface area contributed by atoms with Gasteiger partial charge in [0.1, 0.15) is 23.6 Å². The Morgan fingerprint density at radius 3 is 2.60 bits per heavy atom. The van der Waals surface area contributed by atoms with Crippen molar-refractivity contribution in [2.45, 2.75) is 34.2 Å². The van der Waals surface area contributed by atoms with Crippen molar-refractivity contribution in [3.8, 4) is 16.3 Å². The molecule has 0 atom stereocenters. The second-order valence-corrected chi connectivity index (χ2v) is 7.16. The molecule has 132 valence electrons. The minimum absolute atomic E-state index is 0.0936. The molecule has 25 heavy (non-hydrogen) atoms. The van der Waals surface area contributed by atoms with Gasteiger partial charge in [-0.3, -0.25) is 4.79 Å². The monoisotopic (exact) mass is 359 g/mol. The Morgan fingerprint density at radius 1 is 1.28 bits per heavy atom. The van der Waals surface area contributed by atoms with Crippen LogP contribution >= 0.6 is 11.3 Å². The third-order valence-corrected chi connectivity index (χ3v) is 5.59. The molecular weight excluding hydrogens is 336 g/mol. The lowest BCUT2D eigenvalue weighted by molar-refractivity contribution is -0.910. The molecule has 2 N–H and O–H groups in total. The largest absolute Gasteiger partial charge is 0.507 e. The van der Waals surface area contributed by atoms with E-state index in [0.29, 0.717) is 33.6 Å². The summed E-state index contributed by atoms with van der Waals surface area (Å²) in [5.41, 5.74) is 3.16. The molecule has 5 nitrogen and oxygen atoms in total. The maximum atomic E-state index is 13.1. The van der Waals surface area contributed by atoms with Crippen LogP contribution in [0.2, 0.25) is 0 Å². The summed E-state index contributed by atoms with van der Waals surface area (Å²) in [5, 5.41) is 13.5. The van der Waals surface area contributed by atoms with Crippen LogP contribution in [0.15, 0.2) is 26.9 Å². The van der Waals surface area contributed by atoms with Crippen LogP contribution in [0.3, 0.4) is 0 Å². The molecule has 3 rings (SSSR count). The number of fused-ring (bicyclic) bond motifs is 1. The van der Waals surface area contributed by atoms with Gasteiger partial charge in [-0.1, -0.05) is 0 Å². The van der Waals surface area contributed by atoms with Gasteiger partial charge in [0.25, 0.3) is 0 Å². The van der Waals surface area contributed by atoms with E-state index in [4.69, 9.17) is 4.42 Å². The number of hydrogen-bond acceptors (Lipinski definition) is 5. The Kier molecular flexibility index (Phi) is 4.92. The smallest absolute Gasteiger partial charge is 0.203 e. The minimum Gasteiger partial charge on any atom is -0.507 e. The van der Waals surface area contributed by atoms with Crippen LogP contribution in [0.1, 0.15) is 30.7 Å². The summed E-state index contributed by atoms with van der Waals surface area (Å²) in [6, 6.07) is 1.66. The highest BCUT2D eigenvalue weighted by atomic mass is 32.1. The first kappa shape index (κ1) is 17.6. The SMILES string of the molecule is CC[NH+](CC)Cc1c(O)cc(C)c2c(=O)c(-c3nc(C)cs3)coc12. The third-order valence-electron chi connectivity index (χ3n) is 4.60. The van der Waals surface area contributed by atoms with Gasteiger partial charge in [-0.15, -0.1) is 11.3 Å². The first-order valence-electron chi connectivity index (χ1n) is 8.49. The molecule has 0 aliphatic heterocycles. The van der Waals surface area contributed by atoms with Crippen LogP contribution in [0, 0.1) is 13.8 Å². The Bertz CT molecular complexity index is 971. The molecule has 2 aromatic heterocycles. The molecule has 2 heterocycles. The van der Waals surface area contributed by atoms with Gasteiger partial charge in [-0.2, -0.15) is 0 Å². The molecule has 0 radical (unpaired) electrons. The molecule has 0 fully saturated rings. The highest BCUT2D eigenvalue weighted by molar-refractivity contribution is 7.13. The van der Waals surface area contributed by atoms with Crippen molar-refractivity contribution in [2.75, 3.05) is 13.1 Å². The fourth-order valence-corrected chi connectivity index (χ4v) is 3.87. The first-order valence-corrected chi connectivity index (χ1v) is 9.37. The number of phenols is 1. The van der Waals surface area contributed by atoms with E-state index in [-0.39, 0.29) is 11.2 Å². The molecule has 0 bridgehead atoms. The molecule has 0 saturated carbocycles. The summed E-state index contributed by atoms with van der Waals surface area (Å²) >= 11 is 1.43. The van der Waals surface area contributed by atoms with Crippen molar-refractivity contribution < 1.29 is 14.4 Å². The predicted octanol–water partition coefficient (Wildman–Crippen LogP) is 2.66. The van der Waals surface area contributed by atoms with E-state index >= 15 is 0 Å². The third kappa shape index (κ3) is 3.19. The Morgan fingerprint density at radius 2 is 2.00 bits per heavy atom. The molecule has 6 heteroatoms. The summed E-state index contributed by atoms with van der Waals surface area (Å²) in [6.07, 6.45) is 1.48. The number of benzene rings is 1. The lowest BCUT2D eigenvalue weighted by atomic mass is 10.0. The zero-order valence-electron chi connectivity index (χ0n) is 15.0. The van der Waals surface area contributed by atoms with E-state index in [1.807, 2.05) is 19.2 Å². The lowest BCUT2D eigenvalue weighted by Crippen LogP contribution is -3.10. The number of aromatic hydroxyl groups is 1. The summed E-state index contributed by atoms with van der Waals surface area (Å²) in [7, 11) is 0. The number of quaternary nitrogens is 1. The average molecular weight is 359 g/mol. The van der Waals surface area contributed by atoms with Gasteiger partial charge in [0.15, 0.2) is 5.58 Å².